The molecule has 46 valence electrons. The third-order valence-corrected chi connectivity index (χ3v) is 0.541. The van der Waals surface area contributed by atoms with Crippen LogP contribution in [0.2, 0.25) is 0 Å². The van der Waals surface area contributed by atoms with Gasteiger partial charge >= 0.3 is 5.97 Å². The summed E-state index contributed by atoms with van der Waals surface area (Å²) >= 11 is 0. The Hall–Kier alpha value is -1.39. The van der Waals surface area contributed by atoms with Gasteiger partial charge in [-0.25, -0.2) is 4.79 Å². The Morgan fingerprint density at radius 1 is 1.25 bits per heavy atom. The maximum absolute atomic E-state index is 9.80. The largest absolute Gasteiger partial charge is 0.476 e. The smallest absolute Gasteiger partial charge is 0.355 e. The van der Waals surface area contributed by atoms with Crippen LogP contribution in [-0.4, -0.2) is 11.1 Å². The molecule has 0 rings (SSSR count). The van der Waals surface area contributed by atoms with Crippen molar-refractivity contribution in [3.63, 3.8) is 0 Å². The maximum Gasteiger partial charge on any atom is 0.355 e. The van der Waals surface area contributed by atoms with Crippen LogP contribution in [0, 0.1) is 0 Å². The van der Waals surface area contributed by atoms with Gasteiger partial charge in [0.15, 0.2) is 5.70 Å². The summed E-state index contributed by atoms with van der Waals surface area (Å²) in [5.74, 6) is -1.66. The van der Waals surface area contributed by atoms with Gasteiger partial charge in [0.05, 0.1) is 0 Å². The second-order valence-electron chi connectivity index (χ2n) is 1.17. The first kappa shape index (κ1) is 6.61. The highest BCUT2D eigenvalue weighted by Gasteiger charge is 2.02. The third kappa shape index (κ3) is 1.38. The lowest BCUT2D eigenvalue weighted by Crippen LogP contribution is -2.22. The first-order chi connectivity index (χ1) is 3.55. The first-order valence-electron chi connectivity index (χ1n) is 1.79. The van der Waals surface area contributed by atoms with Crippen molar-refractivity contribution < 1.29 is 9.90 Å². The molecule has 0 saturated heterocycles. The van der Waals surface area contributed by atoms with Crippen LogP contribution >= 0.6 is 0 Å². The molecule has 5 nitrogen and oxygen atoms in total. The highest BCUT2D eigenvalue weighted by atomic mass is 16.4. The molecule has 0 aromatic carbocycles. The van der Waals surface area contributed by atoms with Crippen LogP contribution in [-0.2, 0) is 4.79 Å². The zero-order valence-electron chi connectivity index (χ0n) is 4.09. The van der Waals surface area contributed by atoms with E-state index in [-0.39, 0.29) is 5.82 Å². The highest BCUT2D eigenvalue weighted by molar-refractivity contribution is 5.85. The van der Waals surface area contributed by atoms with Crippen molar-refractivity contribution in [1.29, 1.82) is 0 Å². The summed E-state index contributed by atoms with van der Waals surface area (Å²) in [4.78, 5) is 9.80. The molecule has 0 aromatic rings. The van der Waals surface area contributed by atoms with Crippen molar-refractivity contribution >= 4 is 5.97 Å². The standard InChI is InChI=1S/C3H7N3O2/c4-1(2(5)6)3(7)8/h4-6H2,(H,7,8). The Bertz CT molecular complexity index is 135. The second-order valence-corrected chi connectivity index (χ2v) is 1.17. The Morgan fingerprint density at radius 2 is 1.62 bits per heavy atom. The molecule has 0 aliphatic carbocycles. The fraction of sp³-hybridized carbons (Fsp3) is 0. The summed E-state index contributed by atoms with van der Waals surface area (Å²) in [7, 11) is 0. The van der Waals surface area contributed by atoms with E-state index in [2.05, 4.69) is 0 Å². The number of aliphatic carboxylic acids is 1. The van der Waals surface area contributed by atoms with Crippen molar-refractivity contribution in [3.8, 4) is 0 Å². The van der Waals surface area contributed by atoms with Gasteiger partial charge in [0.25, 0.3) is 0 Å². The van der Waals surface area contributed by atoms with Gasteiger partial charge in [-0.2, -0.15) is 0 Å². The monoisotopic (exact) mass is 117 g/mol. The summed E-state index contributed by atoms with van der Waals surface area (Å²) in [5, 5.41) is 8.01. The Kier molecular flexibility index (Phi) is 1.70. The first-order valence-corrected chi connectivity index (χ1v) is 1.79. The van der Waals surface area contributed by atoms with Crippen LogP contribution in [0.4, 0.5) is 0 Å². The zero-order valence-corrected chi connectivity index (χ0v) is 4.09. The summed E-state index contributed by atoms with van der Waals surface area (Å²) in [6.07, 6.45) is 0. The van der Waals surface area contributed by atoms with E-state index in [9.17, 15) is 4.79 Å². The van der Waals surface area contributed by atoms with Gasteiger partial charge in [-0.15, -0.1) is 0 Å². The molecule has 0 saturated carbocycles. The van der Waals surface area contributed by atoms with E-state index in [1.807, 2.05) is 0 Å². The number of nitrogens with two attached hydrogens (primary N) is 3. The fourth-order valence-electron chi connectivity index (χ4n) is 0.123. The molecule has 0 spiro atoms. The van der Waals surface area contributed by atoms with E-state index >= 15 is 0 Å². The highest BCUT2D eigenvalue weighted by Crippen LogP contribution is 1.80. The molecule has 0 bridgehead atoms. The average molecular weight is 117 g/mol. The molecule has 0 heterocycles. The van der Waals surface area contributed by atoms with Gasteiger partial charge in [0.1, 0.15) is 5.82 Å². The van der Waals surface area contributed by atoms with Crippen molar-refractivity contribution in [2.75, 3.05) is 0 Å². The molecule has 0 atom stereocenters. The van der Waals surface area contributed by atoms with Crippen molar-refractivity contribution in [2.45, 2.75) is 0 Å². The van der Waals surface area contributed by atoms with Crippen LogP contribution in [0.1, 0.15) is 0 Å². The van der Waals surface area contributed by atoms with E-state index in [0.717, 1.165) is 0 Å². The maximum atomic E-state index is 9.80. The minimum Gasteiger partial charge on any atom is -0.476 e. The van der Waals surface area contributed by atoms with E-state index in [1.165, 1.54) is 0 Å². The minimum absolute atomic E-state index is 0.363. The molecule has 0 fully saturated rings. The van der Waals surface area contributed by atoms with Crippen LogP contribution in [0.25, 0.3) is 0 Å². The van der Waals surface area contributed by atoms with Crippen molar-refractivity contribution in [2.24, 2.45) is 17.2 Å². The lowest BCUT2D eigenvalue weighted by Gasteiger charge is -1.93. The van der Waals surface area contributed by atoms with Gasteiger partial charge in [0.2, 0.25) is 0 Å². The quantitative estimate of drug-likeness (QED) is 0.300. The number of hydrogen-bond acceptors (Lipinski definition) is 4. The SMILES string of the molecule is NC(N)=C(N)C(=O)O. The molecule has 0 amide bonds. The van der Waals surface area contributed by atoms with Crippen molar-refractivity contribution in [3.05, 3.63) is 11.5 Å². The van der Waals surface area contributed by atoms with E-state index in [0.29, 0.717) is 0 Å². The molecule has 0 aliphatic rings. The van der Waals surface area contributed by atoms with Gasteiger partial charge in [-0.1, -0.05) is 0 Å². The predicted octanol–water partition coefficient (Wildman–Crippen LogP) is -1.88. The average Bonchev–Trinajstić information content (AvgIpc) is 1.64. The second kappa shape index (κ2) is 2.06. The lowest BCUT2D eigenvalue weighted by molar-refractivity contribution is -0.132. The predicted molar refractivity (Wildman–Crippen MR) is 27.2 cm³/mol. The van der Waals surface area contributed by atoms with Gasteiger partial charge < -0.3 is 22.3 Å². The molecule has 5 heteroatoms. The zero-order chi connectivity index (χ0) is 6.73. The third-order valence-electron chi connectivity index (χ3n) is 0.541. The normalized spacial score (nSPS) is 8.00. The number of carboxylic acid groups (broad SMARTS) is 1. The van der Waals surface area contributed by atoms with Crippen LogP contribution < -0.4 is 17.2 Å². The molecular weight excluding hydrogens is 110 g/mol. The molecule has 0 radical (unpaired) electrons. The molecular formula is C3H7N3O2. The molecule has 0 aliphatic heterocycles. The summed E-state index contributed by atoms with van der Waals surface area (Å²) in [6.45, 7) is 0. The number of rotatable bonds is 1. The van der Waals surface area contributed by atoms with Crippen LogP contribution in [0.3, 0.4) is 0 Å². The Morgan fingerprint density at radius 3 is 1.62 bits per heavy atom. The Labute approximate surface area is 45.8 Å². The lowest BCUT2D eigenvalue weighted by atomic mass is 10.5. The van der Waals surface area contributed by atoms with E-state index in [4.69, 9.17) is 22.3 Å². The van der Waals surface area contributed by atoms with E-state index in [1.54, 1.807) is 0 Å². The summed E-state index contributed by atoms with van der Waals surface area (Å²) < 4.78 is 0. The number of carbonyl (C=O) groups is 1. The summed E-state index contributed by atoms with van der Waals surface area (Å²) in [5.41, 5.74) is 13.9. The number of hydrogen-bond donors (Lipinski definition) is 4. The van der Waals surface area contributed by atoms with Gasteiger partial charge in [-0.3, -0.25) is 0 Å². The number of carboxylic acids is 1. The minimum atomic E-state index is -1.30. The van der Waals surface area contributed by atoms with E-state index < -0.39 is 11.7 Å². The summed E-state index contributed by atoms with van der Waals surface area (Å²) in [6, 6.07) is 0. The van der Waals surface area contributed by atoms with Gasteiger partial charge in [0, 0.05) is 0 Å². The molecule has 8 heavy (non-hydrogen) atoms. The van der Waals surface area contributed by atoms with Crippen LogP contribution in [0.5, 0.6) is 0 Å². The molecule has 0 unspecified atom stereocenters. The van der Waals surface area contributed by atoms with Gasteiger partial charge in [-0.05, 0) is 0 Å². The molecule has 0 aromatic heterocycles. The molecule has 7 N–H and O–H groups in total. The topological polar surface area (TPSA) is 115 Å². The fourth-order valence-corrected chi connectivity index (χ4v) is 0.123. The van der Waals surface area contributed by atoms with Crippen LogP contribution in [0.15, 0.2) is 11.5 Å². The Balaban J connectivity index is 4.23. The van der Waals surface area contributed by atoms with Crippen molar-refractivity contribution in [1.82, 2.24) is 0 Å².